The van der Waals surface area contributed by atoms with Gasteiger partial charge in [-0.2, -0.15) is 0 Å². The third kappa shape index (κ3) is 3.49. The maximum atomic E-state index is 12.4. The van der Waals surface area contributed by atoms with Crippen molar-refractivity contribution in [1.82, 2.24) is 20.2 Å². The lowest BCUT2D eigenvalue weighted by atomic mass is 10.0. The van der Waals surface area contributed by atoms with E-state index in [2.05, 4.69) is 27.2 Å². The first kappa shape index (κ1) is 14.7. The molecule has 2 aromatic rings. The number of aromatic nitrogens is 2. The first-order valence-electron chi connectivity index (χ1n) is 7.57. The molecule has 114 valence electrons. The van der Waals surface area contributed by atoms with Crippen molar-refractivity contribution < 1.29 is 4.79 Å². The second-order valence-corrected chi connectivity index (χ2v) is 5.78. The molecular weight excluding hydrogens is 276 g/mol. The number of amides is 1. The molecule has 3 rings (SSSR count). The minimum atomic E-state index is -0.0148. The summed E-state index contributed by atoms with van der Waals surface area (Å²) in [5, 5.41) is 3.13. The molecule has 1 saturated heterocycles. The van der Waals surface area contributed by atoms with Crippen molar-refractivity contribution in [2.45, 2.75) is 18.9 Å². The number of likely N-dealkylation sites (tertiary alicyclic amines) is 1. The Hall–Kier alpha value is -2.27. The Labute approximate surface area is 130 Å². The standard InChI is InChI=1S/C17H20N4O/c1-21-7-3-6-16(11-21)20-17(22)14-5-2-4-13(8-14)15-9-18-12-19-10-15/h2,4-5,8-10,12,16H,3,6-7,11H2,1H3,(H,20,22)/t16-/m1/s1. The van der Waals surface area contributed by atoms with Gasteiger partial charge in [0.05, 0.1) is 0 Å². The quantitative estimate of drug-likeness (QED) is 0.941. The molecule has 0 spiro atoms. The number of piperidine rings is 1. The number of hydrogen-bond donors (Lipinski definition) is 1. The Bertz CT molecular complexity index is 644. The average Bonchev–Trinajstić information content (AvgIpc) is 2.56. The summed E-state index contributed by atoms with van der Waals surface area (Å²) >= 11 is 0. The third-order valence-electron chi connectivity index (χ3n) is 3.98. The topological polar surface area (TPSA) is 58.1 Å². The highest BCUT2D eigenvalue weighted by Crippen LogP contribution is 2.18. The van der Waals surface area contributed by atoms with Gasteiger partial charge in [0.2, 0.25) is 0 Å². The predicted octanol–water partition coefficient (Wildman–Crippen LogP) is 1.97. The lowest BCUT2D eigenvalue weighted by Crippen LogP contribution is -2.46. The molecule has 0 aliphatic carbocycles. The number of likely N-dealkylation sites (N-methyl/N-ethyl adjacent to an activating group) is 1. The van der Waals surface area contributed by atoms with Crippen LogP contribution >= 0.6 is 0 Å². The number of nitrogens with zero attached hydrogens (tertiary/aromatic N) is 3. The van der Waals surface area contributed by atoms with E-state index in [1.54, 1.807) is 12.4 Å². The lowest BCUT2D eigenvalue weighted by Gasteiger charge is -2.30. The zero-order chi connectivity index (χ0) is 15.4. The molecule has 5 heteroatoms. The molecule has 22 heavy (non-hydrogen) atoms. The van der Waals surface area contributed by atoms with Crippen LogP contribution in [0, 0.1) is 0 Å². The summed E-state index contributed by atoms with van der Waals surface area (Å²) in [5.41, 5.74) is 2.54. The van der Waals surface area contributed by atoms with Crippen LogP contribution < -0.4 is 5.32 Å². The smallest absolute Gasteiger partial charge is 0.251 e. The minimum Gasteiger partial charge on any atom is -0.348 e. The van der Waals surface area contributed by atoms with Crippen LogP contribution in [0.25, 0.3) is 11.1 Å². The molecule has 2 heterocycles. The molecule has 0 bridgehead atoms. The summed E-state index contributed by atoms with van der Waals surface area (Å²) in [6.07, 6.45) is 7.17. The first-order valence-corrected chi connectivity index (χ1v) is 7.57. The van der Waals surface area contributed by atoms with Crippen LogP contribution in [-0.4, -0.2) is 47.0 Å². The van der Waals surface area contributed by atoms with Crippen molar-refractivity contribution in [2.75, 3.05) is 20.1 Å². The first-order chi connectivity index (χ1) is 10.7. The fourth-order valence-electron chi connectivity index (χ4n) is 2.84. The van der Waals surface area contributed by atoms with Crippen LogP contribution in [0.5, 0.6) is 0 Å². The third-order valence-corrected chi connectivity index (χ3v) is 3.98. The Kier molecular flexibility index (Phi) is 4.44. The van der Waals surface area contributed by atoms with Crippen LogP contribution in [0.3, 0.4) is 0 Å². The summed E-state index contributed by atoms with van der Waals surface area (Å²) in [6, 6.07) is 7.82. The summed E-state index contributed by atoms with van der Waals surface area (Å²) in [7, 11) is 2.09. The average molecular weight is 296 g/mol. The van der Waals surface area contributed by atoms with E-state index in [0.717, 1.165) is 37.1 Å². The second-order valence-electron chi connectivity index (χ2n) is 5.78. The van der Waals surface area contributed by atoms with Gasteiger partial charge in [-0.3, -0.25) is 4.79 Å². The molecule has 1 aliphatic heterocycles. The molecule has 1 aliphatic rings. The van der Waals surface area contributed by atoms with Crippen molar-refractivity contribution in [3.63, 3.8) is 0 Å². The van der Waals surface area contributed by atoms with Crippen LogP contribution in [0.15, 0.2) is 43.0 Å². The Balaban J connectivity index is 1.73. The molecule has 1 N–H and O–H groups in total. The number of carbonyl (C=O) groups excluding carboxylic acids is 1. The monoisotopic (exact) mass is 296 g/mol. The van der Waals surface area contributed by atoms with Gasteiger partial charge >= 0.3 is 0 Å². The SMILES string of the molecule is CN1CCC[C@@H](NC(=O)c2cccc(-c3cncnc3)c2)C1. The number of rotatable bonds is 3. The predicted molar refractivity (Wildman–Crippen MR) is 85.5 cm³/mol. The zero-order valence-electron chi connectivity index (χ0n) is 12.7. The van der Waals surface area contributed by atoms with E-state index in [0.29, 0.717) is 5.56 Å². The van der Waals surface area contributed by atoms with Crippen molar-refractivity contribution in [3.8, 4) is 11.1 Å². The number of nitrogens with one attached hydrogen (secondary N) is 1. The largest absolute Gasteiger partial charge is 0.348 e. The fourth-order valence-corrected chi connectivity index (χ4v) is 2.84. The summed E-state index contributed by atoms with van der Waals surface area (Å²) in [6.45, 7) is 2.02. The van der Waals surface area contributed by atoms with Gasteiger partial charge in [-0.15, -0.1) is 0 Å². The van der Waals surface area contributed by atoms with Gasteiger partial charge in [-0.1, -0.05) is 12.1 Å². The van der Waals surface area contributed by atoms with Gasteiger partial charge in [0, 0.05) is 36.1 Å². The number of benzene rings is 1. The van der Waals surface area contributed by atoms with Gasteiger partial charge in [0.1, 0.15) is 6.33 Å². The Morgan fingerprint density at radius 1 is 1.27 bits per heavy atom. The highest BCUT2D eigenvalue weighted by molar-refractivity contribution is 5.95. The maximum absolute atomic E-state index is 12.4. The highest BCUT2D eigenvalue weighted by Gasteiger charge is 2.19. The van der Waals surface area contributed by atoms with Gasteiger partial charge in [-0.25, -0.2) is 9.97 Å². The lowest BCUT2D eigenvalue weighted by molar-refractivity contribution is 0.0912. The molecule has 1 aromatic heterocycles. The van der Waals surface area contributed by atoms with Crippen LogP contribution in [-0.2, 0) is 0 Å². The van der Waals surface area contributed by atoms with Gasteiger partial charge in [0.25, 0.3) is 5.91 Å². The number of hydrogen-bond acceptors (Lipinski definition) is 4. The molecule has 0 saturated carbocycles. The van der Waals surface area contributed by atoms with Crippen molar-refractivity contribution in [3.05, 3.63) is 48.5 Å². The summed E-state index contributed by atoms with van der Waals surface area (Å²) in [5.74, 6) is -0.0148. The van der Waals surface area contributed by atoms with E-state index in [9.17, 15) is 4.79 Å². The van der Waals surface area contributed by atoms with E-state index in [1.807, 2.05) is 24.3 Å². The molecule has 1 atom stereocenters. The highest BCUT2D eigenvalue weighted by atomic mass is 16.1. The van der Waals surface area contributed by atoms with E-state index in [4.69, 9.17) is 0 Å². The summed E-state index contributed by atoms with van der Waals surface area (Å²) < 4.78 is 0. The van der Waals surface area contributed by atoms with E-state index in [1.165, 1.54) is 6.33 Å². The van der Waals surface area contributed by atoms with Crippen LogP contribution in [0.2, 0.25) is 0 Å². The van der Waals surface area contributed by atoms with E-state index >= 15 is 0 Å². The van der Waals surface area contributed by atoms with Crippen LogP contribution in [0.4, 0.5) is 0 Å². The Morgan fingerprint density at radius 3 is 2.86 bits per heavy atom. The number of carbonyl (C=O) groups is 1. The van der Waals surface area contributed by atoms with E-state index in [-0.39, 0.29) is 11.9 Å². The molecule has 5 nitrogen and oxygen atoms in total. The minimum absolute atomic E-state index is 0.0148. The van der Waals surface area contributed by atoms with Gasteiger partial charge in [0.15, 0.2) is 0 Å². The second kappa shape index (κ2) is 6.66. The fraction of sp³-hybridized carbons (Fsp3) is 0.353. The molecule has 1 fully saturated rings. The van der Waals surface area contributed by atoms with Gasteiger partial charge in [-0.05, 0) is 44.1 Å². The normalized spacial score (nSPS) is 18.9. The molecule has 0 radical (unpaired) electrons. The van der Waals surface area contributed by atoms with Crippen LogP contribution in [0.1, 0.15) is 23.2 Å². The van der Waals surface area contributed by atoms with Crippen molar-refractivity contribution in [1.29, 1.82) is 0 Å². The zero-order valence-corrected chi connectivity index (χ0v) is 12.7. The maximum Gasteiger partial charge on any atom is 0.251 e. The molecule has 0 unspecified atom stereocenters. The van der Waals surface area contributed by atoms with Gasteiger partial charge < -0.3 is 10.2 Å². The van der Waals surface area contributed by atoms with Crippen molar-refractivity contribution in [2.24, 2.45) is 0 Å². The molecular formula is C17H20N4O. The summed E-state index contributed by atoms with van der Waals surface area (Å²) in [4.78, 5) is 22.7. The van der Waals surface area contributed by atoms with Crippen molar-refractivity contribution >= 4 is 5.91 Å². The van der Waals surface area contributed by atoms with E-state index < -0.39 is 0 Å². The molecule has 1 aromatic carbocycles. The molecule has 1 amide bonds. The Morgan fingerprint density at radius 2 is 2.09 bits per heavy atom.